The quantitative estimate of drug-likeness (QED) is 0.0531. The molecule has 0 aromatic heterocycles. The van der Waals surface area contributed by atoms with Crippen LogP contribution < -0.4 is 0 Å². The SMILES string of the molecule is O=P(OCCC(F)(F)C(F)(F)C(F)(F)C(F)(F)C(F)(F)C(F)(F)F)(OCCC(F)(F)C(F)(F)C(F)(F)C(F)(F)C(F)(F)C(F)(F)F)OCCC(F)(F)C(F)(F)C(F)(F)C(F)(F)C(F)(F)C(F)(F)C(F)(F)C(F)(F)C(F)(F)C(F)(F)C(F)(F)C(F)(F)F. The van der Waals surface area contributed by atoms with Crippen molar-refractivity contribution in [2.45, 2.75) is 162 Å². The normalized spacial score (nSPS) is 17.0. The van der Waals surface area contributed by atoms with Crippen LogP contribution in [0.25, 0.3) is 0 Å². The summed E-state index contributed by atoms with van der Waals surface area (Å²) in [7, 11) is -7.96. The van der Waals surface area contributed by atoms with Crippen LogP contribution in [-0.4, -0.2) is 163 Å². The standard InChI is InChI=1S/C30H12F51O4P/c31-7(32,10(37,38)13(43,44)16(49,50)17(51,52)18(53,54)19(55,56)20(57,58)21(59,60)24(65,66)27(71,72)30(79,80)81)1-4-83-86(82,84-5-2-8(33,34)11(39,40)14(45,46)22(61,62)25(67,68)28(73,74)75)85-6-3-9(35,36)12(41,42)15(47,48)23(63,64)26(69,70)29(76,77)78/h1-6H2. The molecule has 0 saturated heterocycles. The van der Waals surface area contributed by atoms with Crippen molar-refractivity contribution < 1.29 is 242 Å². The van der Waals surface area contributed by atoms with Crippen LogP contribution in [0, 0.1) is 0 Å². The summed E-state index contributed by atoms with van der Waals surface area (Å²) in [5.41, 5.74) is 0. The predicted molar refractivity (Wildman–Crippen MR) is 161 cm³/mol. The number of phosphoric acid groups is 1. The van der Waals surface area contributed by atoms with Crippen molar-refractivity contribution in [1.29, 1.82) is 0 Å². The van der Waals surface area contributed by atoms with Gasteiger partial charge < -0.3 is 0 Å². The maximum Gasteiger partial charge on any atom is 0.474 e. The number of hydrogen-bond acceptors (Lipinski definition) is 4. The molecule has 0 aromatic carbocycles. The van der Waals surface area contributed by atoms with Crippen LogP contribution in [0.3, 0.4) is 0 Å². The summed E-state index contributed by atoms with van der Waals surface area (Å²) in [5, 5.41) is 0. The van der Waals surface area contributed by atoms with Crippen molar-refractivity contribution in [2.75, 3.05) is 19.8 Å². The van der Waals surface area contributed by atoms with Crippen LogP contribution in [0.1, 0.15) is 19.3 Å². The maximum atomic E-state index is 14.5. The minimum atomic E-state index is -10.2. The average Bonchev–Trinajstić information content (AvgIpc) is 3.26. The van der Waals surface area contributed by atoms with Gasteiger partial charge in [-0.2, -0.15) is 224 Å². The van der Waals surface area contributed by atoms with Crippen LogP contribution in [0.2, 0.25) is 0 Å². The van der Waals surface area contributed by atoms with Gasteiger partial charge in [0.15, 0.2) is 0 Å². The molecule has 0 radical (unpaired) electrons. The van der Waals surface area contributed by atoms with E-state index >= 15 is 0 Å². The van der Waals surface area contributed by atoms with E-state index in [9.17, 15) is 228 Å². The van der Waals surface area contributed by atoms with E-state index in [1.165, 1.54) is 0 Å². The van der Waals surface area contributed by atoms with Crippen molar-refractivity contribution in [1.82, 2.24) is 0 Å². The first-order valence-electron chi connectivity index (χ1n) is 19.0. The van der Waals surface area contributed by atoms with E-state index in [1.54, 1.807) is 0 Å². The molecule has 0 aliphatic rings. The zero-order chi connectivity index (χ0) is 70.9. The fourth-order valence-electron chi connectivity index (χ4n) is 5.03. The van der Waals surface area contributed by atoms with Crippen LogP contribution >= 0.6 is 7.82 Å². The highest BCUT2D eigenvalue weighted by molar-refractivity contribution is 7.48. The Kier molecular flexibility index (Phi) is 21.0. The lowest BCUT2D eigenvalue weighted by molar-refractivity contribution is -0.482. The summed E-state index contributed by atoms with van der Waals surface area (Å²) in [5.74, 6) is -192. The van der Waals surface area contributed by atoms with Gasteiger partial charge in [-0.15, -0.1) is 0 Å². The molecule has 4 nitrogen and oxygen atoms in total. The van der Waals surface area contributed by atoms with Crippen molar-refractivity contribution in [3.63, 3.8) is 0 Å². The second-order valence-corrected chi connectivity index (χ2v) is 17.8. The molecule has 0 bridgehead atoms. The minimum Gasteiger partial charge on any atom is -0.287 e. The first-order valence-corrected chi connectivity index (χ1v) is 20.5. The molecule has 0 rings (SSSR count). The second kappa shape index (κ2) is 21.9. The zero-order valence-corrected chi connectivity index (χ0v) is 38.5. The monoisotopic (exact) mass is 1440 g/mol. The summed E-state index contributed by atoms with van der Waals surface area (Å²) in [6, 6.07) is 0. The summed E-state index contributed by atoms with van der Waals surface area (Å²) in [6.45, 7) is -11.3. The molecule has 0 heterocycles. The van der Waals surface area contributed by atoms with Gasteiger partial charge >= 0.3 is 151 Å². The lowest BCUT2D eigenvalue weighted by atomic mass is 9.84. The molecule has 56 heteroatoms. The number of halogens is 51. The molecule has 0 atom stereocenters. The highest BCUT2D eigenvalue weighted by Crippen LogP contribution is 2.69. The highest BCUT2D eigenvalue weighted by Gasteiger charge is 3.00. The van der Waals surface area contributed by atoms with Gasteiger partial charge in [0.25, 0.3) is 0 Å². The molecule has 0 N–H and O–H groups in total. The largest absolute Gasteiger partial charge is 0.474 e. The van der Waals surface area contributed by atoms with Crippen LogP contribution in [0.4, 0.5) is 224 Å². The molecule has 0 spiro atoms. The smallest absolute Gasteiger partial charge is 0.287 e. The number of alkyl halides is 51. The molecule has 0 unspecified atom stereocenters. The van der Waals surface area contributed by atoms with E-state index in [-0.39, 0.29) is 0 Å². The topological polar surface area (TPSA) is 44.8 Å². The van der Waals surface area contributed by atoms with E-state index in [0.29, 0.717) is 0 Å². The lowest BCUT2D eigenvalue weighted by Crippen LogP contribution is -2.78. The Morgan fingerprint density at radius 1 is 0.174 bits per heavy atom. The van der Waals surface area contributed by atoms with Crippen molar-refractivity contribution >= 4 is 7.82 Å². The Balaban J connectivity index is 7.74. The molecule has 0 aliphatic carbocycles. The third-order valence-corrected chi connectivity index (χ3v) is 11.9. The third kappa shape index (κ3) is 11.6. The molecule has 0 aromatic rings. The lowest BCUT2D eigenvalue weighted by Gasteiger charge is -2.45. The van der Waals surface area contributed by atoms with Gasteiger partial charge in [-0.05, 0) is 0 Å². The van der Waals surface area contributed by atoms with Crippen molar-refractivity contribution in [2.24, 2.45) is 0 Å². The van der Waals surface area contributed by atoms with Gasteiger partial charge in [-0.1, -0.05) is 0 Å². The fourth-order valence-corrected chi connectivity index (χ4v) is 6.20. The minimum absolute atomic E-state index is 2.98. The van der Waals surface area contributed by atoms with Gasteiger partial charge in [0.1, 0.15) is 0 Å². The molecule has 0 aliphatic heterocycles. The summed E-state index contributed by atoms with van der Waals surface area (Å²) in [4.78, 5) is 0. The van der Waals surface area contributed by atoms with Gasteiger partial charge in [0.05, 0.1) is 19.8 Å². The Morgan fingerprint density at radius 2 is 0.279 bits per heavy atom. The first kappa shape index (κ1) is 82.5. The summed E-state index contributed by atoms with van der Waals surface area (Å²) >= 11 is 0. The molecule has 0 fully saturated rings. The molecule has 0 amide bonds. The maximum absolute atomic E-state index is 14.5. The van der Waals surface area contributed by atoms with Crippen molar-refractivity contribution in [3.05, 3.63) is 0 Å². The second-order valence-electron chi connectivity index (χ2n) is 16.1. The number of phosphoric ester groups is 1. The predicted octanol–water partition coefficient (Wildman–Crippen LogP) is 18.3. The molecule has 0 saturated carbocycles. The molecule has 518 valence electrons. The van der Waals surface area contributed by atoms with E-state index in [0.717, 1.165) is 0 Å². The Hall–Kier alpha value is -3.46. The first-order chi connectivity index (χ1) is 36.4. The van der Waals surface area contributed by atoms with Crippen LogP contribution in [0.5, 0.6) is 0 Å². The average molecular weight is 1440 g/mol. The molecule has 86 heavy (non-hydrogen) atoms. The van der Waals surface area contributed by atoms with E-state index < -0.39 is 190 Å². The number of rotatable bonds is 30. The Bertz CT molecular complexity index is 2300. The number of hydrogen-bond donors (Lipinski definition) is 0. The highest BCUT2D eigenvalue weighted by atomic mass is 31.2. The van der Waals surface area contributed by atoms with Crippen LogP contribution in [-0.2, 0) is 18.1 Å². The van der Waals surface area contributed by atoms with E-state index in [2.05, 4.69) is 13.6 Å². The third-order valence-electron chi connectivity index (χ3n) is 10.4. The molecular weight excluding hydrogens is 1420 g/mol. The van der Waals surface area contributed by atoms with Gasteiger partial charge in [-0.3, -0.25) is 13.6 Å². The summed E-state index contributed by atoms with van der Waals surface area (Å²) < 4.78 is 714. The Morgan fingerprint density at radius 3 is 0.395 bits per heavy atom. The fraction of sp³-hybridized carbons (Fsp3) is 1.00. The molecular formula is C30H12F51O4P. The van der Waals surface area contributed by atoms with Gasteiger partial charge in [0, 0.05) is 19.3 Å². The van der Waals surface area contributed by atoms with Crippen molar-refractivity contribution in [3.8, 4) is 0 Å². The van der Waals surface area contributed by atoms with Gasteiger partial charge in [0.2, 0.25) is 0 Å². The Labute approximate surface area is 433 Å². The van der Waals surface area contributed by atoms with E-state index in [1.807, 2.05) is 0 Å². The summed E-state index contributed by atoms with van der Waals surface area (Å²) in [6.07, 6.45) is -37.7. The van der Waals surface area contributed by atoms with Crippen LogP contribution in [0.15, 0.2) is 0 Å². The zero-order valence-electron chi connectivity index (χ0n) is 37.6. The van der Waals surface area contributed by atoms with Gasteiger partial charge in [-0.25, -0.2) is 4.57 Å². The van der Waals surface area contributed by atoms with E-state index in [4.69, 9.17) is 0 Å².